The number of anilines is 1. The van der Waals surface area contributed by atoms with Crippen LogP contribution < -0.4 is 10.1 Å². The van der Waals surface area contributed by atoms with Crippen LogP contribution in [0.15, 0.2) is 71.0 Å². The molecule has 2 heterocycles. The van der Waals surface area contributed by atoms with Crippen molar-refractivity contribution in [3.8, 4) is 5.75 Å². The number of nitrogens with zero attached hydrogens (tertiary/aromatic N) is 3. The minimum absolute atomic E-state index is 0.195. The molecule has 1 aliphatic heterocycles. The zero-order valence-corrected chi connectivity index (χ0v) is 22.0. The Morgan fingerprint density at radius 3 is 2.58 bits per heavy atom. The molecule has 3 aromatic rings. The molecule has 0 amide bonds. The zero-order valence-electron chi connectivity index (χ0n) is 21.2. The Morgan fingerprint density at radius 2 is 1.81 bits per heavy atom. The number of unbranched alkanes of at least 4 members (excludes halogenated alkanes) is 2. The maximum Gasteiger partial charge on any atom is 0.338 e. The number of carbonyl (C=O) groups excluding carboxylic acids is 1. The highest BCUT2D eigenvalue weighted by Gasteiger charge is 2.36. The number of ether oxygens (including phenoxy) is 2. The van der Waals surface area contributed by atoms with Gasteiger partial charge in [0.2, 0.25) is 11.1 Å². The summed E-state index contributed by atoms with van der Waals surface area (Å²) in [4.78, 5) is 18.3. The molecule has 1 aliphatic rings. The number of hydrogen-bond donors (Lipinski definition) is 1. The maximum absolute atomic E-state index is 13.5. The van der Waals surface area contributed by atoms with Gasteiger partial charge in [-0.2, -0.15) is 4.98 Å². The predicted octanol–water partition coefficient (Wildman–Crippen LogP) is 6.38. The van der Waals surface area contributed by atoms with Gasteiger partial charge in [-0.25, -0.2) is 9.48 Å². The topological polar surface area (TPSA) is 78.3 Å². The van der Waals surface area contributed by atoms with E-state index in [0.717, 1.165) is 48.3 Å². The molecule has 7 nitrogen and oxygen atoms in total. The Balaban J connectivity index is 1.70. The first-order valence-corrected chi connectivity index (χ1v) is 13.6. The molecular formula is C28H34N4O3S. The Kier molecular flexibility index (Phi) is 9.06. The molecule has 0 bridgehead atoms. The van der Waals surface area contributed by atoms with Gasteiger partial charge in [0.25, 0.3) is 0 Å². The minimum atomic E-state index is -0.518. The van der Waals surface area contributed by atoms with Crippen molar-refractivity contribution in [2.24, 2.45) is 0 Å². The summed E-state index contributed by atoms with van der Waals surface area (Å²) in [7, 11) is 0. The molecule has 36 heavy (non-hydrogen) atoms. The quantitative estimate of drug-likeness (QED) is 0.173. The fraction of sp³-hybridized carbons (Fsp3) is 0.393. The van der Waals surface area contributed by atoms with Crippen LogP contribution in [0.2, 0.25) is 0 Å². The summed E-state index contributed by atoms with van der Waals surface area (Å²) in [6, 6.07) is 17.0. The molecule has 0 aliphatic carbocycles. The summed E-state index contributed by atoms with van der Waals surface area (Å²) >= 11 is 1.63. The molecule has 1 N–H and O–H groups in total. The number of benzene rings is 2. The van der Waals surface area contributed by atoms with Gasteiger partial charge in [-0.05, 0) is 31.4 Å². The monoisotopic (exact) mass is 506 g/mol. The van der Waals surface area contributed by atoms with E-state index in [1.807, 2.05) is 61.5 Å². The van der Waals surface area contributed by atoms with E-state index in [-0.39, 0.29) is 6.61 Å². The zero-order chi connectivity index (χ0) is 25.3. The standard InChI is InChI=1S/C28H34N4O3S/c1-4-6-17-34-23-16-12-11-15-22(23)25-24(26(33)35-19-21-13-9-8-10-14-21)20(3)29-27-30-28(31-32(25)27)36-18-7-5-2/h8-16,25H,4-7,17-19H2,1-3H3,(H,29,30,31). The van der Waals surface area contributed by atoms with E-state index in [0.29, 0.717) is 29.0 Å². The van der Waals surface area contributed by atoms with Crippen molar-refractivity contribution in [1.29, 1.82) is 0 Å². The number of hydrogen-bond acceptors (Lipinski definition) is 7. The van der Waals surface area contributed by atoms with Gasteiger partial charge in [-0.3, -0.25) is 0 Å². The lowest BCUT2D eigenvalue weighted by molar-refractivity contribution is -0.140. The van der Waals surface area contributed by atoms with E-state index >= 15 is 0 Å². The lowest BCUT2D eigenvalue weighted by Crippen LogP contribution is -2.30. The minimum Gasteiger partial charge on any atom is -0.493 e. The van der Waals surface area contributed by atoms with Crippen molar-refractivity contribution in [3.05, 3.63) is 77.0 Å². The maximum atomic E-state index is 13.5. The molecule has 190 valence electrons. The highest BCUT2D eigenvalue weighted by atomic mass is 32.2. The van der Waals surface area contributed by atoms with Crippen LogP contribution in [0.5, 0.6) is 5.75 Å². The van der Waals surface area contributed by atoms with Crippen LogP contribution in [0.3, 0.4) is 0 Å². The first-order chi connectivity index (χ1) is 17.6. The van der Waals surface area contributed by atoms with Gasteiger partial charge in [0.15, 0.2) is 0 Å². The summed E-state index contributed by atoms with van der Waals surface area (Å²) in [5.74, 6) is 1.90. The number of esters is 1. The SMILES string of the molecule is CCCCOc1ccccc1C1C(C(=O)OCc2ccccc2)=C(C)Nc2nc(SCCCC)nn21. The molecule has 1 atom stereocenters. The van der Waals surface area contributed by atoms with Crippen LogP contribution in [0.1, 0.15) is 63.6 Å². The predicted molar refractivity (Wildman–Crippen MR) is 143 cm³/mol. The number of para-hydroxylation sites is 1. The average Bonchev–Trinajstić information content (AvgIpc) is 3.30. The van der Waals surface area contributed by atoms with Crippen LogP contribution in [0.25, 0.3) is 0 Å². The fourth-order valence-corrected chi connectivity index (χ4v) is 4.93. The Labute approximate surface area is 217 Å². The van der Waals surface area contributed by atoms with Crippen LogP contribution in [-0.4, -0.2) is 33.1 Å². The molecule has 0 spiro atoms. The molecule has 0 saturated heterocycles. The average molecular weight is 507 g/mol. The van der Waals surface area contributed by atoms with Crippen molar-refractivity contribution < 1.29 is 14.3 Å². The third-order valence-corrected chi connectivity index (χ3v) is 6.89. The first-order valence-electron chi connectivity index (χ1n) is 12.6. The fourth-order valence-electron chi connectivity index (χ4n) is 4.02. The van der Waals surface area contributed by atoms with Gasteiger partial charge in [-0.15, -0.1) is 5.10 Å². The van der Waals surface area contributed by atoms with Crippen molar-refractivity contribution in [2.45, 2.75) is 64.3 Å². The Hall–Kier alpha value is -3.26. The molecule has 8 heteroatoms. The lowest BCUT2D eigenvalue weighted by Gasteiger charge is -2.29. The summed E-state index contributed by atoms with van der Waals surface area (Å²) in [6.45, 7) is 6.99. The van der Waals surface area contributed by atoms with Gasteiger partial charge < -0.3 is 14.8 Å². The molecule has 2 aromatic carbocycles. The molecule has 1 aromatic heterocycles. The number of rotatable bonds is 12. The first kappa shape index (κ1) is 25.8. The summed E-state index contributed by atoms with van der Waals surface area (Å²) in [6.07, 6.45) is 4.20. The molecule has 0 radical (unpaired) electrons. The summed E-state index contributed by atoms with van der Waals surface area (Å²) in [5.41, 5.74) is 2.99. The van der Waals surface area contributed by atoms with Gasteiger partial charge in [0, 0.05) is 17.0 Å². The van der Waals surface area contributed by atoms with Gasteiger partial charge in [-0.1, -0.05) is 87.0 Å². The Morgan fingerprint density at radius 1 is 1.06 bits per heavy atom. The number of aromatic nitrogens is 3. The number of nitrogens with one attached hydrogen (secondary N) is 1. The second kappa shape index (κ2) is 12.6. The number of carbonyl (C=O) groups is 1. The molecular weight excluding hydrogens is 472 g/mol. The number of fused-ring (bicyclic) bond motifs is 1. The highest BCUT2D eigenvalue weighted by molar-refractivity contribution is 7.99. The third-order valence-electron chi connectivity index (χ3n) is 5.96. The van der Waals surface area contributed by atoms with E-state index in [1.165, 1.54) is 0 Å². The van der Waals surface area contributed by atoms with Crippen LogP contribution in [0, 0.1) is 0 Å². The third kappa shape index (κ3) is 6.10. The highest BCUT2D eigenvalue weighted by Crippen LogP contribution is 2.40. The van der Waals surface area contributed by atoms with E-state index in [2.05, 4.69) is 19.2 Å². The van der Waals surface area contributed by atoms with Crippen LogP contribution >= 0.6 is 11.8 Å². The van der Waals surface area contributed by atoms with E-state index < -0.39 is 12.0 Å². The second-order valence-electron chi connectivity index (χ2n) is 8.73. The lowest BCUT2D eigenvalue weighted by atomic mass is 9.95. The van der Waals surface area contributed by atoms with Crippen molar-refractivity contribution in [3.63, 3.8) is 0 Å². The van der Waals surface area contributed by atoms with Crippen LogP contribution in [-0.2, 0) is 16.1 Å². The largest absolute Gasteiger partial charge is 0.493 e. The molecule has 0 saturated carbocycles. The van der Waals surface area contributed by atoms with E-state index in [9.17, 15) is 4.79 Å². The van der Waals surface area contributed by atoms with Gasteiger partial charge in [0.1, 0.15) is 18.4 Å². The Bertz CT molecular complexity index is 1190. The summed E-state index contributed by atoms with van der Waals surface area (Å²) < 4.78 is 13.7. The molecule has 0 fully saturated rings. The van der Waals surface area contributed by atoms with E-state index in [4.69, 9.17) is 19.6 Å². The molecule has 1 unspecified atom stereocenters. The van der Waals surface area contributed by atoms with Crippen molar-refractivity contribution >= 4 is 23.7 Å². The number of allylic oxidation sites excluding steroid dienone is 1. The molecule has 4 rings (SSSR count). The van der Waals surface area contributed by atoms with E-state index in [1.54, 1.807) is 16.4 Å². The normalized spacial score (nSPS) is 14.8. The van der Waals surface area contributed by atoms with Crippen molar-refractivity contribution in [2.75, 3.05) is 17.7 Å². The second-order valence-corrected chi connectivity index (χ2v) is 9.79. The summed E-state index contributed by atoms with van der Waals surface area (Å²) in [5, 5.41) is 8.78. The number of thioether (sulfide) groups is 1. The van der Waals surface area contributed by atoms with Crippen LogP contribution in [0.4, 0.5) is 5.95 Å². The smallest absolute Gasteiger partial charge is 0.338 e. The van der Waals surface area contributed by atoms with Gasteiger partial charge in [0.05, 0.1) is 12.2 Å². The van der Waals surface area contributed by atoms with Gasteiger partial charge >= 0.3 is 5.97 Å². The van der Waals surface area contributed by atoms with Crippen molar-refractivity contribution in [1.82, 2.24) is 14.8 Å².